The van der Waals surface area contributed by atoms with E-state index in [9.17, 15) is 48.3 Å². The SMILES string of the molecule is C[C@H](NC(=O)[C@H](CC(N)=O)NC(=O)[C@H](Cc1ccccc1)NC(=O)[C@H](Cc1ccccc1)NC(=O)[C@H](CCCNC(=N)N)NC(=O)[C@@H]1CCCN1)C(=O)NCC(=O)N1CCC[C@@H]1C(=O)O. The van der Waals surface area contributed by atoms with Crippen molar-refractivity contribution in [3.63, 3.8) is 0 Å². The van der Waals surface area contributed by atoms with Crippen LogP contribution < -0.4 is 54.0 Å². The van der Waals surface area contributed by atoms with Crippen LogP contribution in [0.3, 0.4) is 0 Å². The molecule has 352 valence electrons. The molecule has 22 heteroatoms. The van der Waals surface area contributed by atoms with Crippen molar-refractivity contribution in [2.45, 2.75) is 107 Å². The summed E-state index contributed by atoms with van der Waals surface area (Å²) >= 11 is 0. The van der Waals surface area contributed by atoms with Crippen molar-refractivity contribution in [1.29, 1.82) is 5.41 Å². The Bertz CT molecular complexity index is 2020. The van der Waals surface area contributed by atoms with Gasteiger partial charge in [-0.25, -0.2) is 4.79 Å². The van der Waals surface area contributed by atoms with Gasteiger partial charge in [-0.1, -0.05) is 60.7 Å². The average molecular weight is 905 g/mol. The van der Waals surface area contributed by atoms with Gasteiger partial charge < -0.3 is 64.0 Å². The Balaban J connectivity index is 1.51. The molecular formula is C43H60N12O10. The Hall–Kier alpha value is -7.10. The van der Waals surface area contributed by atoms with Crippen LogP contribution in [0.1, 0.15) is 63.0 Å². The van der Waals surface area contributed by atoms with Gasteiger partial charge in [0.25, 0.3) is 0 Å². The summed E-state index contributed by atoms with van der Waals surface area (Å²) in [5, 5.41) is 38.1. The first-order valence-corrected chi connectivity index (χ1v) is 21.5. The number of nitrogens with two attached hydrogens (primary N) is 2. The zero-order valence-electron chi connectivity index (χ0n) is 36.2. The maximum Gasteiger partial charge on any atom is 0.326 e. The van der Waals surface area contributed by atoms with Gasteiger partial charge in [-0.05, 0) is 63.1 Å². The van der Waals surface area contributed by atoms with Gasteiger partial charge >= 0.3 is 5.97 Å². The Morgan fingerprint density at radius 2 is 1.28 bits per heavy atom. The van der Waals surface area contributed by atoms with Gasteiger partial charge in [0.2, 0.25) is 47.3 Å². The number of carboxylic acids is 1. The highest BCUT2D eigenvalue weighted by Gasteiger charge is 2.36. The fraction of sp³-hybridized carbons (Fsp3) is 0.488. The van der Waals surface area contributed by atoms with E-state index < -0.39 is 108 Å². The minimum Gasteiger partial charge on any atom is -0.480 e. The molecule has 0 spiro atoms. The molecule has 2 aromatic carbocycles. The molecule has 8 amide bonds. The molecule has 14 N–H and O–H groups in total. The number of rotatable bonds is 24. The summed E-state index contributed by atoms with van der Waals surface area (Å²) in [6, 6.07) is 9.07. The number of benzene rings is 2. The van der Waals surface area contributed by atoms with Crippen molar-refractivity contribution >= 4 is 59.2 Å². The first-order valence-electron chi connectivity index (χ1n) is 21.5. The first kappa shape index (κ1) is 50.5. The van der Waals surface area contributed by atoms with Gasteiger partial charge in [0.1, 0.15) is 36.3 Å². The number of guanidine groups is 1. The van der Waals surface area contributed by atoms with Gasteiger partial charge in [-0.2, -0.15) is 0 Å². The number of carboxylic acid groups (broad SMARTS) is 1. The predicted octanol–water partition coefficient (Wildman–Crippen LogP) is -3.00. The van der Waals surface area contributed by atoms with E-state index in [1.807, 2.05) is 0 Å². The van der Waals surface area contributed by atoms with Crippen LogP contribution in [0.25, 0.3) is 0 Å². The van der Waals surface area contributed by atoms with E-state index in [-0.39, 0.29) is 44.7 Å². The molecule has 2 saturated heterocycles. The van der Waals surface area contributed by atoms with Gasteiger partial charge in [0.15, 0.2) is 5.96 Å². The van der Waals surface area contributed by atoms with Crippen LogP contribution in [0.2, 0.25) is 0 Å². The number of nitrogens with one attached hydrogen (secondary N) is 9. The number of hydrogen-bond donors (Lipinski definition) is 12. The lowest BCUT2D eigenvalue weighted by atomic mass is 10.0. The molecule has 2 heterocycles. The van der Waals surface area contributed by atoms with E-state index in [0.717, 1.165) is 11.3 Å². The van der Waals surface area contributed by atoms with Crippen LogP contribution in [0, 0.1) is 5.41 Å². The van der Waals surface area contributed by atoms with Gasteiger partial charge in [-0.15, -0.1) is 0 Å². The first-order chi connectivity index (χ1) is 31.0. The fourth-order valence-electron chi connectivity index (χ4n) is 7.44. The molecule has 4 rings (SSSR count). The third-order valence-corrected chi connectivity index (χ3v) is 10.9. The van der Waals surface area contributed by atoms with Gasteiger partial charge in [-0.3, -0.25) is 43.8 Å². The number of likely N-dealkylation sites (tertiary alicyclic amines) is 1. The highest BCUT2D eigenvalue weighted by atomic mass is 16.4. The second kappa shape index (κ2) is 25.3. The summed E-state index contributed by atoms with van der Waals surface area (Å²) in [6.07, 6.45) is 1.70. The molecule has 0 aliphatic carbocycles. The van der Waals surface area contributed by atoms with Crippen molar-refractivity contribution in [2.24, 2.45) is 11.5 Å². The van der Waals surface area contributed by atoms with E-state index in [4.69, 9.17) is 16.9 Å². The standard InChI is InChI=1S/C43H60N12O10/c1-25(36(58)49-24-35(57)55-20-10-17-33(55)42(64)65)50-39(61)32(23-34(44)56)54-41(63)31(22-27-13-6-3-7-14-27)53-40(62)30(21-26-11-4-2-5-12-26)52-38(60)29(16-9-19-48-43(45)46)51-37(59)28-15-8-18-47-28/h2-7,11-14,25,28-33,47H,8-10,15-24H2,1H3,(H2,44,56)(H,49,58)(H,50,61)(H,51,59)(H,52,60)(H,53,62)(H,54,63)(H,64,65)(H4,45,46,48)/t25-,28-,29-,30-,31-,32-,33+/m0/s1. The Labute approximate surface area is 376 Å². The number of aliphatic carboxylic acids is 1. The number of carbonyl (C=O) groups is 9. The predicted molar refractivity (Wildman–Crippen MR) is 235 cm³/mol. The summed E-state index contributed by atoms with van der Waals surface area (Å²) in [5.74, 6) is -7.62. The lowest BCUT2D eigenvalue weighted by Crippen LogP contribution is -2.60. The molecule has 0 saturated carbocycles. The van der Waals surface area contributed by atoms with E-state index in [0.29, 0.717) is 36.9 Å². The average Bonchev–Trinajstić information content (AvgIpc) is 4.00. The quantitative estimate of drug-likeness (QED) is 0.0284. The van der Waals surface area contributed by atoms with Crippen LogP contribution in [0.5, 0.6) is 0 Å². The largest absolute Gasteiger partial charge is 0.480 e. The molecule has 0 aromatic heterocycles. The van der Waals surface area contributed by atoms with E-state index >= 15 is 0 Å². The molecule has 22 nitrogen and oxygen atoms in total. The molecule has 0 bridgehead atoms. The molecule has 2 fully saturated rings. The van der Waals surface area contributed by atoms with Crippen LogP contribution in [0.15, 0.2) is 60.7 Å². The normalized spacial score (nSPS) is 17.8. The Morgan fingerprint density at radius 1 is 0.723 bits per heavy atom. The molecule has 2 aliphatic heterocycles. The van der Waals surface area contributed by atoms with Gasteiger partial charge in [0.05, 0.1) is 19.0 Å². The number of hydrogen-bond acceptors (Lipinski definition) is 11. The van der Waals surface area contributed by atoms with Crippen molar-refractivity contribution < 1.29 is 48.3 Å². The summed E-state index contributed by atoms with van der Waals surface area (Å²) in [6.45, 7) is 1.84. The Kier molecular flexibility index (Phi) is 19.6. The minimum atomic E-state index is -1.64. The fourth-order valence-corrected chi connectivity index (χ4v) is 7.44. The van der Waals surface area contributed by atoms with Crippen molar-refractivity contribution in [1.82, 2.24) is 47.4 Å². The molecular weight excluding hydrogens is 845 g/mol. The monoisotopic (exact) mass is 904 g/mol. The van der Waals surface area contributed by atoms with E-state index in [2.05, 4.69) is 42.5 Å². The summed E-state index contributed by atoms with van der Waals surface area (Å²) < 4.78 is 0. The highest BCUT2D eigenvalue weighted by molar-refractivity contribution is 5.98. The van der Waals surface area contributed by atoms with Crippen LogP contribution in [-0.4, -0.2) is 138 Å². The summed E-state index contributed by atoms with van der Waals surface area (Å²) in [7, 11) is 0. The molecule has 2 aromatic rings. The molecule has 2 aliphatic rings. The van der Waals surface area contributed by atoms with Gasteiger partial charge in [0, 0.05) is 25.9 Å². The summed E-state index contributed by atoms with van der Waals surface area (Å²) in [4.78, 5) is 120. The maximum absolute atomic E-state index is 14.3. The zero-order valence-corrected chi connectivity index (χ0v) is 36.2. The lowest BCUT2D eigenvalue weighted by Gasteiger charge is -2.27. The minimum absolute atomic E-state index is 0.0365. The smallest absolute Gasteiger partial charge is 0.326 e. The maximum atomic E-state index is 14.3. The number of amides is 8. The molecule has 0 radical (unpaired) electrons. The third kappa shape index (κ3) is 16.5. The van der Waals surface area contributed by atoms with Crippen LogP contribution in [0.4, 0.5) is 0 Å². The van der Waals surface area contributed by atoms with Crippen molar-refractivity contribution in [3.05, 3.63) is 71.8 Å². The Morgan fingerprint density at radius 3 is 1.80 bits per heavy atom. The van der Waals surface area contributed by atoms with Crippen LogP contribution >= 0.6 is 0 Å². The zero-order chi connectivity index (χ0) is 47.5. The number of nitrogens with zero attached hydrogens (tertiary/aromatic N) is 1. The molecule has 65 heavy (non-hydrogen) atoms. The molecule has 0 unspecified atom stereocenters. The van der Waals surface area contributed by atoms with Crippen molar-refractivity contribution in [3.8, 4) is 0 Å². The van der Waals surface area contributed by atoms with Crippen LogP contribution in [-0.2, 0) is 56.0 Å². The number of carbonyl (C=O) groups excluding carboxylic acids is 8. The second-order valence-corrected chi connectivity index (χ2v) is 16.0. The third-order valence-electron chi connectivity index (χ3n) is 10.9. The lowest BCUT2D eigenvalue weighted by molar-refractivity contribution is -0.148. The van der Waals surface area contributed by atoms with E-state index in [1.54, 1.807) is 60.7 Å². The van der Waals surface area contributed by atoms with E-state index in [1.165, 1.54) is 6.92 Å². The van der Waals surface area contributed by atoms with Crippen molar-refractivity contribution in [2.75, 3.05) is 26.2 Å². The summed E-state index contributed by atoms with van der Waals surface area (Å²) in [5.41, 5.74) is 12.1. The highest BCUT2D eigenvalue weighted by Crippen LogP contribution is 2.17. The molecule has 7 atom stereocenters. The number of primary amides is 1. The topological polar surface area (TPSA) is 349 Å². The second-order valence-electron chi connectivity index (χ2n) is 16.0.